The molecule has 6 heteroatoms. The maximum Gasteiger partial charge on any atom is 0.282 e. The van der Waals surface area contributed by atoms with Crippen molar-refractivity contribution in [2.45, 2.75) is 13.8 Å². The molecule has 1 heterocycles. The largest absolute Gasteiger partial charge is 0.495 e. The Morgan fingerprint density at radius 2 is 1.62 bits per heavy atom. The van der Waals surface area contributed by atoms with E-state index < -0.39 is 5.91 Å². The van der Waals surface area contributed by atoms with E-state index in [9.17, 15) is 9.59 Å². The molecule has 0 aromatic heterocycles. The number of ether oxygens (including phenoxy) is 1. The van der Waals surface area contributed by atoms with Crippen LogP contribution in [0.3, 0.4) is 0 Å². The van der Waals surface area contributed by atoms with Crippen LogP contribution in [-0.2, 0) is 9.59 Å². The van der Waals surface area contributed by atoms with Crippen LogP contribution < -0.4 is 14.5 Å². The molecule has 3 aromatic rings. The zero-order valence-corrected chi connectivity index (χ0v) is 19.1. The number of benzene rings is 3. The van der Waals surface area contributed by atoms with Gasteiger partial charge in [0.05, 0.1) is 23.4 Å². The van der Waals surface area contributed by atoms with Crippen LogP contribution in [0.1, 0.15) is 16.7 Å². The van der Waals surface area contributed by atoms with E-state index in [1.54, 1.807) is 30.1 Å². The highest BCUT2D eigenvalue weighted by Crippen LogP contribution is 2.39. The smallest absolute Gasteiger partial charge is 0.282 e. The van der Waals surface area contributed by atoms with Gasteiger partial charge < -0.3 is 9.64 Å². The fourth-order valence-electron chi connectivity index (χ4n) is 3.98. The number of methoxy groups -OCH3 is 1. The van der Waals surface area contributed by atoms with Crippen LogP contribution in [0.15, 0.2) is 72.4 Å². The number of halogens is 1. The number of para-hydroxylation sites is 1. The van der Waals surface area contributed by atoms with Gasteiger partial charge in [0.15, 0.2) is 0 Å². The molecule has 0 aliphatic carbocycles. The Kier molecular flexibility index (Phi) is 5.76. The maximum absolute atomic E-state index is 13.7. The minimum absolute atomic E-state index is 0.320. The summed E-state index contributed by atoms with van der Waals surface area (Å²) in [4.78, 5) is 30.3. The Morgan fingerprint density at radius 1 is 0.906 bits per heavy atom. The molecule has 0 bridgehead atoms. The van der Waals surface area contributed by atoms with E-state index in [2.05, 4.69) is 0 Å². The predicted octanol–water partition coefficient (Wildman–Crippen LogP) is 5.39. The third-order valence-corrected chi connectivity index (χ3v) is 5.88. The van der Waals surface area contributed by atoms with Crippen molar-refractivity contribution in [2.75, 3.05) is 24.0 Å². The second-order valence-corrected chi connectivity index (χ2v) is 8.11. The fraction of sp³-hybridized carbons (Fsp3) is 0.154. The van der Waals surface area contributed by atoms with E-state index in [1.165, 1.54) is 12.0 Å². The first-order chi connectivity index (χ1) is 15.3. The van der Waals surface area contributed by atoms with Gasteiger partial charge in [-0.1, -0.05) is 53.6 Å². The van der Waals surface area contributed by atoms with E-state index in [4.69, 9.17) is 16.3 Å². The first-order valence-corrected chi connectivity index (χ1v) is 10.5. The second kappa shape index (κ2) is 8.52. The number of carbonyl (C=O) groups is 2. The third-order valence-electron chi connectivity index (χ3n) is 5.58. The summed E-state index contributed by atoms with van der Waals surface area (Å²) in [6.45, 7) is 3.94. The molecule has 0 saturated heterocycles. The van der Waals surface area contributed by atoms with E-state index >= 15 is 0 Å². The SMILES string of the molecule is COc1ccc(N2C(=O)C(c3ccc(C)cc3C)=C(N(C)c3ccccc3)C2=O)cc1Cl. The van der Waals surface area contributed by atoms with Gasteiger partial charge >= 0.3 is 0 Å². The van der Waals surface area contributed by atoms with Crippen LogP contribution in [0, 0.1) is 13.8 Å². The fourth-order valence-corrected chi connectivity index (χ4v) is 4.23. The minimum atomic E-state index is -0.405. The molecule has 4 rings (SSSR count). The molecule has 32 heavy (non-hydrogen) atoms. The van der Waals surface area contributed by atoms with Gasteiger partial charge in [0.1, 0.15) is 11.4 Å². The molecule has 0 N–H and O–H groups in total. The van der Waals surface area contributed by atoms with Crippen molar-refractivity contribution in [3.05, 3.63) is 94.1 Å². The summed E-state index contributed by atoms with van der Waals surface area (Å²) in [5.41, 5.74) is 4.62. The lowest BCUT2D eigenvalue weighted by Gasteiger charge is -2.22. The van der Waals surface area contributed by atoms with Crippen molar-refractivity contribution in [3.63, 3.8) is 0 Å². The molecule has 1 aliphatic rings. The Hall–Kier alpha value is -3.57. The molecule has 0 radical (unpaired) electrons. The van der Waals surface area contributed by atoms with Crippen LogP contribution >= 0.6 is 11.6 Å². The Bertz CT molecular complexity index is 1250. The molecule has 162 valence electrons. The average Bonchev–Trinajstić information content (AvgIpc) is 3.03. The first-order valence-electron chi connectivity index (χ1n) is 10.2. The van der Waals surface area contributed by atoms with Crippen LogP contribution in [0.2, 0.25) is 5.02 Å². The molecule has 0 atom stereocenters. The highest BCUT2D eigenvalue weighted by molar-refractivity contribution is 6.46. The zero-order valence-electron chi connectivity index (χ0n) is 18.3. The lowest BCUT2D eigenvalue weighted by Crippen LogP contribution is -2.34. The topological polar surface area (TPSA) is 49.9 Å². The summed E-state index contributed by atoms with van der Waals surface area (Å²) >= 11 is 6.30. The number of nitrogens with zero attached hydrogens (tertiary/aromatic N) is 2. The summed E-state index contributed by atoms with van der Waals surface area (Å²) in [5.74, 6) is -0.322. The van der Waals surface area contributed by atoms with Gasteiger partial charge in [0, 0.05) is 12.7 Å². The van der Waals surface area contributed by atoms with E-state index in [0.717, 1.165) is 22.4 Å². The lowest BCUT2D eigenvalue weighted by atomic mass is 9.97. The van der Waals surface area contributed by atoms with Crippen molar-refractivity contribution in [1.82, 2.24) is 0 Å². The molecule has 5 nitrogen and oxygen atoms in total. The number of hydrogen-bond acceptors (Lipinski definition) is 4. The normalized spacial score (nSPS) is 13.7. The van der Waals surface area contributed by atoms with Crippen LogP contribution in [0.25, 0.3) is 5.57 Å². The van der Waals surface area contributed by atoms with Gasteiger partial charge in [0.2, 0.25) is 0 Å². The molecular weight excluding hydrogens is 424 g/mol. The average molecular weight is 447 g/mol. The molecule has 0 unspecified atom stereocenters. The summed E-state index contributed by atoms with van der Waals surface area (Å²) < 4.78 is 5.21. The second-order valence-electron chi connectivity index (χ2n) is 7.70. The van der Waals surface area contributed by atoms with Crippen molar-refractivity contribution < 1.29 is 14.3 Å². The summed E-state index contributed by atoms with van der Waals surface area (Å²) in [6, 6.07) is 20.2. The Balaban J connectivity index is 1.90. The van der Waals surface area contributed by atoms with Gasteiger partial charge in [-0.15, -0.1) is 0 Å². The Morgan fingerprint density at radius 3 is 2.25 bits per heavy atom. The number of aryl methyl sites for hydroxylation is 2. The number of anilines is 2. The molecule has 1 aliphatic heterocycles. The highest BCUT2D eigenvalue weighted by Gasteiger charge is 2.42. The maximum atomic E-state index is 13.7. The van der Waals surface area contributed by atoms with Crippen molar-refractivity contribution in [2.24, 2.45) is 0 Å². The quantitative estimate of drug-likeness (QED) is 0.493. The van der Waals surface area contributed by atoms with Crippen LogP contribution in [-0.4, -0.2) is 26.0 Å². The molecule has 3 aromatic carbocycles. The van der Waals surface area contributed by atoms with Gasteiger partial charge in [0.25, 0.3) is 11.8 Å². The molecular formula is C26H23ClN2O3. The summed E-state index contributed by atoms with van der Waals surface area (Å²) in [6.07, 6.45) is 0. The van der Waals surface area contributed by atoms with E-state index in [1.807, 2.05) is 62.4 Å². The van der Waals surface area contributed by atoms with Gasteiger partial charge in [-0.3, -0.25) is 9.59 Å². The van der Waals surface area contributed by atoms with Gasteiger partial charge in [-0.05, 0) is 55.3 Å². The molecule has 0 spiro atoms. The third kappa shape index (κ3) is 3.65. The number of rotatable bonds is 5. The molecule has 0 fully saturated rings. The zero-order chi connectivity index (χ0) is 23.0. The molecule has 2 amide bonds. The minimum Gasteiger partial charge on any atom is -0.495 e. The standard InChI is InChI=1S/C26H23ClN2O3/c1-16-10-12-20(17(2)14-16)23-24(28(3)18-8-6-5-7-9-18)26(31)29(25(23)30)19-11-13-22(32-4)21(27)15-19/h5-15H,1-4H3. The van der Waals surface area contributed by atoms with Crippen molar-refractivity contribution in [1.29, 1.82) is 0 Å². The van der Waals surface area contributed by atoms with Crippen LogP contribution in [0.4, 0.5) is 11.4 Å². The summed E-state index contributed by atoms with van der Waals surface area (Å²) in [7, 11) is 3.31. The number of hydrogen-bond donors (Lipinski definition) is 0. The number of imide groups is 1. The van der Waals surface area contributed by atoms with E-state index in [-0.39, 0.29) is 5.91 Å². The molecule has 0 saturated carbocycles. The first kappa shape index (κ1) is 21.7. The van der Waals surface area contributed by atoms with Gasteiger partial charge in [-0.2, -0.15) is 0 Å². The lowest BCUT2D eigenvalue weighted by molar-refractivity contribution is -0.120. The highest BCUT2D eigenvalue weighted by atomic mass is 35.5. The Labute approximate surface area is 192 Å². The number of likely N-dealkylation sites (N-methyl/N-ethyl adjacent to an activating group) is 1. The van der Waals surface area contributed by atoms with E-state index in [0.29, 0.717) is 27.7 Å². The van der Waals surface area contributed by atoms with Crippen molar-refractivity contribution in [3.8, 4) is 5.75 Å². The number of carbonyl (C=O) groups excluding carboxylic acids is 2. The van der Waals surface area contributed by atoms with Gasteiger partial charge in [-0.25, -0.2) is 4.90 Å². The predicted molar refractivity (Wildman–Crippen MR) is 128 cm³/mol. The van der Waals surface area contributed by atoms with Crippen molar-refractivity contribution >= 4 is 40.4 Å². The van der Waals surface area contributed by atoms with Crippen LogP contribution in [0.5, 0.6) is 5.75 Å². The monoisotopic (exact) mass is 446 g/mol. The summed E-state index contributed by atoms with van der Waals surface area (Å²) in [5, 5.41) is 0.323. The number of amides is 2.